The van der Waals surface area contributed by atoms with Gasteiger partial charge in [0.05, 0.1) is 13.2 Å². The van der Waals surface area contributed by atoms with Crippen molar-refractivity contribution in [1.29, 1.82) is 0 Å². The van der Waals surface area contributed by atoms with Crippen LogP contribution in [0.25, 0.3) is 11.5 Å². The van der Waals surface area contributed by atoms with Crippen LogP contribution in [0.5, 0.6) is 0 Å². The molecule has 0 aromatic carbocycles. The molecule has 8 nitrogen and oxygen atoms in total. The van der Waals surface area contributed by atoms with Gasteiger partial charge in [0.15, 0.2) is 0 Å². The van der Waals surface area contributed by atoms with Gasteiger partial charge >= 0.3 is 0 Å². The molecule has 4 rings (SSSR count). The van der Waals surface area contributed by atoms with Crippen LogP contribution in [0.4, 0.5) is 0 Å². The smallest absolute Gasteiger partial charge is 0.240 e. The zero-order valence-electron chi connectivity index (χ0n) is 16.1. The van der Waals surface area contributed by atoms with Crippen molar-refractivity contribution in [1.82, 2.24) is 25.3 Å². The first-order valence-corrected chi connectivity index (χ1v) is 10.1. The summed E-state index contributed by atoms with van der Waals surface area (Å²) in [4.78, 5) is 24.1. The van der Waals surface area contributed by atoms with E-state index in [1.165, 1.54) is 6.42 Å². The molecule has 0 unspecified atom stereocenters. The fourth-order valence-corrected chi connectivity index (χ4v) is 4.22. The van der Waals surface area contributed by atoms with Crippen LogP contribution >= 0.6 is 0 Å². The molecule has 1 aliphatic carbocycles. The third-order valence-corrected chi connectivity index (χ3v) is 5.71. The largest absolute Gasteiger partial charge is 0.379 e. The summed E-state index contributed by atoms with van der Waals surface area (Å²) in [7, 11) is 0. The molecular formula is C20H27N5O3. The Bertz CT molecular complexity index is 767. The van der Waals surface area contributed by atoms with E-state index in [-0.39, 0.29) is 5.91 Å². The molecule has 2 aromatic rings. The molecule has 1 amide bonds. The quantitative estimate of drug-likeness (QED) is 0.811. The Hall–Kier alpha value is -2.32. The van der Waals surface area contributed by atoms with Crippen molar-refractivity contribution in [3.05, 3.63) is 30.3 Å². The Morgan fingerprint density at radius 1 is 1.18 bits per heavy atom. The summed E-state index contributed by atoms with van der Waals surface area (Å²) in [6, 6.07) is 5.56. The molecule has 2 fully saturated rings. The standard InChI is InChI=1S/C20H27N5O3/c26-19(20(8-3-1-4-9-20)25-12-14-27-15-13-25)22-11-7-17-23-18(24-28-17)16-6-2-5-10-21-16/h2,5-6,10H,1,3-4,7-9,11-15H2,(H,22,26). The highest BCUT2D eigenvalue weighted by atomic mass is 16.5. The molecule has 0 bridgehead atoms. The molecule has 0 radical (unpaired) electrons. The van der Waals surface area contributed by atoms with Gasteiger partial charge in [0.25, 0.3) is 0 Å². The fourth-order valence-electron chi connectivity index (χ4n) is 4.22. The van der Waals surface area contributed by atoms with Crippen molar-refractivity contribution in [3.8, 4) is 11.5 Å². The SMILES string of the molecule is O=C(NCCc1nc(-c2ccccn2)no1)C1(N2CCOCC2)CCCCC1. The Kier molecular flexibility index (Phi) is 5.97. The summed E-state index contributed by atoms with van der Waals surface area (Å²) in [6.07, 6.45) is 7.44. The summed E-state index contributed by atoms with van der Waals surface area (Å²) in [5.74, 6) is 1.10. The van der Waals surface area contributed by atoms with E-state index < -0.39 is 5.54 Å². The lowest BCUT2D eigenvalue weighted by atomic mass is 9.79. The van der Waals surface area contributed by atoms with Gasteiger partial charge in [-0.2, -0.15) is 4.98 Å². The van der Waals surface area contributed by atoms with Crippen LogP contribution in [0, 0.1) is 0 Å². The number of amides is 1. The minimum atomic E-state index is -0.393. The Balaban J connectivity index is 1.35. The first kappa shape index (κ1) is 19.0. The average molecular weight is 385 g/mol. The second kappa shape index (κ2) is 8.79. The summed E-state index contributed by atoms with van der Waals surface area (Å²) in [6.45, 7) is 3.53. The number of aromatic nitrogens is 3. The predicted octanol–water partition coefficient (Wildman–Crippen LogP) is 1.83. The molecule has 1 saturated heterocycles. The zero-order valence-corrected chi connectivity index (χ0v) is 16.1. The first-order valence-electron chi connectivity index (χ1n) is 10.1. The normalized spacial score (nSPS) is 20.0. The van der Waals surface area contributed by atoms with Gasteiger partial charge in [-0.1, -0.05) is 30.5 Å². The van der Waals surface area contributed by atoms with Gasteiger partial charge in [-0.05, 0) is 25.0 Å². The minimum Gasteiger partial charge on any atom is -0.379 e. The van der Waals surface area contributed by atoms with Crippen LogP contribution in [0.3, 0.4) is 0 Å². The molecule has 0 spiro atoms. The van der Waals surface area contributed by atoms with Gasteiger partial charge in [0.2, 0.25) is 17.6 Å². The van der Waals surface area contributed by atoms with E-state index in [1.807, 2.05) is 18.2 Å². The van der Waals surface area contributed by atoms with Gasteiger partial charge in [-0.15, -0.1) is 0 Å². The number of morpholine rings is 1. The van der Waals surface area contributed by atoms with E-state index in [4.69, 9.17) is 9.26 Å². The molecule has 3 heterocycles. The molecule has 2 aromatic heterocycles. The molecule has 2 aliphatic rings. The van der Waals surface area contributed by atoms with E-state index in [1.54, 1.807) is 6.20 Å². The number of carbonyl (C=O) groups excluding carboxylic acids is 1. The summed E-state index contributed by atoms with van der Waals surface area (Å²) in [5, 5.41) is 7.10. The van der Waals surface area contributed by atoms with Crippen molar-refractivity contribution >= 4 is 5.91 Å². The number of nitrogens with zero attached hydrogens (tertiary/aromatic N) is 4. The number of hydrogen-bond donors (Lipinski definition) is 1. The molecule has 0 atom stereocenters. The number of carbonyl (C=O) groups is 1. The number of rotatable bonds is 6. The fraction of sp³-hybridized carbons (Fsp3) is 0.600. The maximum absolute atomic E-state index is 13.2. The Labute approximate surface area is 164 Å². The van der Waals surface area contributed by atoms with Crippen LogP contribution in [0.2, 0.25) is 0 Å². The topological polar surface area (TPSA) is 93.4 Å². The summed E-state index contributed by atoms with van der Waals surface area (Å²) >= 11 is 0. The zero-order chi connectivity index (χ0) is 19.2. The second-order valence-electron chi connectivity index (χ2n) is 7.42. The number of hydrogen-bond acceptors (Lipinski definition) is 7. The van der Waals surface area contributed by atoms with E-state index in [9.17, 15) is 4.79 Å². The van der Waals surface area contributed by atoms with E-state index in [0.29, 0.717) is 43.6 Å². The summed E-state index contributed by atoms with van der Waals surface area (Å²) < 4.78 is 10.8. The van der Waals surface area contributed by atoms with Crippen LogP contribution in [0.15, 0.2) is 28.9 Å². The highest BCUT2D eigenvalue weighted by Gasteiger charge is 2.44. The van der Waals surface area contributed by atoms with Gasteiger partial charge in [0.1, 0.15) is 11.2 Å². The minimum absolute atomic E-state index is 0.124. The third kappa shape index (κ3) is 4.07. The van der Waals surface area contributed by atoms with Crippen molar-refractivity contribution in [3.63, 3.8) is 0 Å². The summed E-state index contributed by atoms with van der Waals surface area (Å²) in [5.41, 5.74) is 0.283. The van der Waals surface area contributed by atoms with Gasteiger partial charge < -0.3 is 14.6 Å². The maximum Gasteiger partial charge on any atom is 0.240 e. The van der Waals surface area contributed by atoms with Crippen molar-refractivity contribution in [2.75, 3.05) is 32.8 Å². The maximum atomic E-state index is 13.2. The molecule has 8 heteroatoms. The lowest BCUT2D eigenvalue weighted by Crippen LogP contribution is -2.62. The van der Waals surface area contributed by atoms with E-state index >= 15 is 0 Å². The Morgan fingerprint density at radius 3 is 2.75 bits per heavy atom. The van der Waals surface area contributed by atoms with Crippen molar-refractivity contribution in [2.45, 2.75) is 44.1 Å². The molecule has 1 saturated carbocycles. The van der Waals surface area contributed by atoms with Crippen LogP contribution in [-0.2, 0) is 16.0 Å². The second-order valence-corrected chi connectivity index (χ2v) is 7.42. The molecule has 28 heavy (non-hydrogen) atoms. The van der Waals surface area contributed by atoms with Gasteiger partial charge in [-0.25, -0.2) is 0 Å². The number of pyridine rings is 1. The Morgan fingerprint density at radius 2 is 2.00 bits per heavy atom. The monoisotopic (exact) mass is 385 g/mol. The van der Waals surface area contributed by atoms with Gasteiger partial charge in [0, 0.05) is 32.3 Å². The van der Waals surface area contributed by atoms with Crippen LogP contribution < -0.4 is 5.32 Å². The van der Waals surface area contributed by atoms with Crippen molar-refractivity contribution in [2.24, 2.45) is 0 Å². The third-order valence-electron chi connectivity index (χ3n) is 5.71. The lowest BCUT2D eigenvalue weighted by Gasteiger charge is -2.46. The van der Waals surface area contributed by atoms with Gasteiger partial charge in [-0.3, -0.25) is 14.7 Å². The molecule has 1 aliphatic heterocycles. The van der Waals surface area contributed by atoms with E-state index in [2.05, 4.69) is 25.3 Å². The predicted molar refractivity (Wildman–Crippen MR) is 102 cm³/mol. The number of nitrogens with one attached hydrogen (secondary N) is 1. The van der Waals surface area contributed by atoms with E-state index in [0.717, 1.165) is 38.8 Å². The molecule has 1 N–H and O–H groups in total. The molecule has 150 valence electrons. The first-order chi connectivity index (χ1) is 13.8. The highest BCUT2D eigenvalue weighted by molar-refractivity contribution is 5.86. The number of ether oxygens (including phenoxy) is 1. The van der Waals surface area contributed by atoms with Crippen LogP contribution in [0.1, 0.15) is 38.0 Å². The average Bonchev–Trinajstić information content (AvgIpc) is 3.24. The van der Waals surface area contributed by atoms with Crippen LogP contribution in [-0.4, -0.2) is 64.3 Å². The van der Waals surface area contributed by atoms with Crippen molar-refractivity contribution < 1.29 is 14.1 Å². The lowest BCUT2D eigenvalue weighted by molar-refractivity contribution is -0.140. The highest BCUT2D eigenvalue weighted by Crippen LogP contribution is 2.34. The molecular weight excluding hydrogens is 358 g/mol.